The largest absolute Gasteiger partial charge is 0.507 e. The van der Waals surface area contributed by atoms with Crippen molar-refractivity contribution in [1.82, 2.24) is 9.88 Å². The SMILES string of the molecule is COCCCN1C(=O)C(=O)C(=C(O)c2ccc(OCC(C)C)c(C)c2)[C@H]1c1ccncc1. The van der Waals surface area contributed by atoms with Crippen LogP contribution in [0.25, 0.3) is 5.76 Å². The Balaban J connectivity index is 2.03. The summed E-state index contributed by atoms with van der Waals surface area (Å²) in [7, 11) is 1.59. The van der Waals surface area contributed by atoms with Crippen molar-refractivity contribution in [2.75, 3.05) is 26.9 Å². The minimum atomic E-state index is -0.695. The molecule has 170 valence electrons. The summed E-state index contributed by atoms with van der Waals surface area (Å²) in [6.45, 7) is 7.41. The molecule has 1 atom stereocenters. The molecule has 0 radical (unpaired) electrons. The molecule has 3 rings (SSSR count). The molecule has 1 aromatic heterocycles. The number of nitrogens with zero attached hydrogens (tertiary/aromatic N) is 2. The molecule has 0 unspecified atom stereocenters. The Hall–Kier alpha value is -3.19. The lowest BCUT2D eigenvalue weighted by Crippen LogP contribution is -2.31. The summed E-state index contributed by atoms with van der Waals surface area (Å²) in [5, 5.41) is 11.2. The van der Waals surface area contributed by atoms with Crippen LogP contribution >= 0.6 is 0 Å². The fraction of sp³-hybridized carbons (Fsp3) is 0.400. The zero-order valence-electron chi connectivity index (χ0n) is 19.0. The lowest BCUT2D eigenvalue weighted by atomic mass is 9.95. The van der Waals surface area contributed by atoms with Crippen LogP contribution < -0.4 is 4.74 Å². The van der Waals surface area contributed by atoms with Gasteiger partial charge in [-0.2, -0.15) is 0 Å². The van der Waals surface area contributed by atoms with Crippen molar-refractivity contribution < 1.29 is 24.2 Å². The number of amides is 1. The third kappa shape index (κ3) is 4.99. The summed E-state index contributed by atoms with van der Waals surface area (Å²) < 4.78 is 10.9. The van der Waals surface area contributed by atoms with E-state index in [0.29, 0.717) is 43.2 Å². The standard InChI is InChI=1S/C25H30N2O5/c1-16(2)15-32-20-7-6-19(14-17(20)3)23(28)21-22(18-8-10-26-11-9-18)27(12-5-13-31-4)25(30)24(21)29/h6-11,14,16,22,28H,5,12-13,15H2,1-4H3/t22-/m1/s1. The van der Waals surface area contributed by atoms with Crippen LogP contribution in [0.1, 0.15) is 43.0 Å². The highest BCUT2D eigenvalue weighted by atomic mass is 16.5. The minimum Gasteiger partial charge on any atom is -0.507 e. The lowest BCUT2D eigenvalue weighted by Gasteiger charge is -2.25. The first-order chi connectivity index (χ1) is 15.3. The van der Waals surface area contributed by atoms with Crippen LogP contribution in [0.2, 0.25) is 0 Å². The highest BCUT2D eigenvalue weighted by Crippen LogP contribution is 2.39. The van der Waals surface area contributed by atoms with Crippen molar-refractivity contribution in [1.29, 1.82) is 0 Å². The number of methoxy groups -OCH3 is 1. The Labute approximate surface area is 188 Å². The van der Waals surface area contributed by atoms with Gasteiger partial charge in [0.25, 0.3) is 11.7 Å². The fourth-order valence-corrected chi connectivity index (χ4v) is 3.75. The number of pyridine rings is 1. The molecule has 2 aromatic rings. The molecule has 7 heteroatoms. The molecule has 1 amide bonds. The highest BCUT2D eigenvalue weighted by Gasteiger charge is 2.45. The molecule has 1 aromatic carbocycles. The smallest absolute Gasteiger partial charge is 0.295 e. The van der Waals surface area contributed by atoms with Crippen molar-refractivity contribution in [2.45, 2.75) is 33.2 Å². The first kappa shape index (κ1) is 23.5. The molecule has 32 heavy (non-hydrogen) atoms. The van der Waals surface area contributed by atoms with Gasteiger partial charge in [-0.1, -0.05) is 13.8 Å². The van der Waals surface area contributed by atoms with Gasteiger partial charge in [0.1, 0.15) is 11.5 Å². The van der Waals surface area contributed by atoms with E-state index < -0.39 is 17.7 Å². The molecule has 1 aliphatic heterocycles. The summed E-state index contributed by atoms with van der Waals surface area (Å²) in [6, 6.07) is 8.07. The van der Waals surface area contributed by atoms with Gasteiger partial charge in [-0.15, -0.1) is 0 Å². The molecule has 7 nitrogen and oxygen atoms in total. The number of hydrogen-bond acceptors (Lipinski definition) is 6. The molecule has 0 bridgehead atoms. The van der Waals surface area contributed by atoms with E-state index in [9.17, 15) is 14.7 Å². The first-order valence-electron chi connectivity index (χ1n) is 10.8. The van der Waals surface area contributed by atoms with Crippen LogP contribution in [-0.4, -0.2) is 53.5 Å². The van der Waals surface area contributed by atoms with E-state index in [1.165, 1.54) is 4.90 Å². The van der Waals surface area contributed by atoms with E-state index in [0.717, 1.165) is 11.3 Å². The normalized spacial score (nSPS) is 17.9. The van der Waals surface area contributed by atoms with Crippen molar-refractivity contribution in [3.8, 4) is 5.75 Å². The third-order valence-electron chi connectivity index (χ3n) is 5.33. The second kappa shape index (κ2) is 10.4. The van der Waals surface area contributed by atoms with Crippen LogP contribution in [0.4, 0.5) is 0 Å². The van der Waals surface area contributed by atoms with Gasteiger partial charge < -0.3 is 19.5 Å². The third-order valence-corrected chi connectivity index (χ3v) is 5.33. The molecule has 1 fully saturated rings. The maximum Gasteiger partial charge on any atom is 0.295 e. The van der Waals surface area contributed by atoms with Gasteiger partial charge in [-0.05, 0) is 60.7 Å². The molecule has 0 aliphatic carbocycles. The number of benzene rings is 1. The number of rotatable bonds is 9. The van der Waals surface area contributed by atoms with E-state index in [2.05, 4.69) is 18.8 Å². The summed E-state index contributed by atoms with van der Waals surface area (Å²) in [5.74, 6) is -0.409. The van der Waals surface area contributed by atoms with E-state index in [-0.39, 0.29) is 11.3 Å². The quantitative estimate of drug-likeness (QED) is 0.277. The summed E-state index contributed by atoms with van der Waals surface area (Å²) in [4.78, 5) is 31.4. The van der Waals surface area contributed by atoms with Gasteiger partial charge in [0.15, 0.2) is 0 Å². The Bertz CT molecular complexity index is 1000. The predicted molar refractivity (Wildman–Crippen MR) is 121 cm³/mol. The summed E-state index contributed by atoms with van der Waals surface area (Å²) >= 11 is 0. The lowest BCUT2D eigenvalue weighted by molar-refractivity contribution is -0.140. The van der Waals surface area contributed by atoms with E-state index in [1.54, 1.807) is 49.8 Å². The van der Waals surface area contributed by atoms with Crippen LogP contribution in [0.5, 0.6) is 5.75 Å². The predicted octanol–water partition coefficient (Wildman–Crippen LogP) is 3.88. The number of ether oxygens (including phenoxy) is 2. The van der Waals surface area contributed by atoms with Gasteiger partial charge in [-0.3, -0.25) is 14.6 Å². The molecule has 0 saturated carbocycles. The number of Topliss-reactive ketones (excluding diaryl/α,β-unsaturated/α-hetero) is 1. The second-order valence-corrected chi connectivity index (χ2v) is 8.30. The Kier molecular flexibility index (Phi) is 7.64. The average molecular weight is 439 g/mol. The minimum absolute atomic E-state index is 0.0777. The summed E-state index contributed by atoms with van der Waals surface area (Å²) in [5.41, 5.74) is 2.10. The van der Waals surface area contributed by atoms with Crippen molar-refractivity contribution in [3.63, 3.8) is 0 Å². The Morgan fingerprint density at radius 3 is 2.53 bits per heavy atom. The molecular formula is C25H30N2O5. The number of likely N-dealkylation sites (tertiary alicyclic amines) is 1. The Morgan fingerprint density at radius 1 is 1.19 bits per heavy atom. The molecular weight excluding hydrogens is 408 g/mol. The molecule has 1 aliphatic rings. The monoisotopic (exact) mass is 438 g/mol. The number of carbonyl (C=O) groups is 2. The highest BCUT2D eigenvalue weighted by molar-refractivity contribution is 6.46. The van der Waals surface area contributed by atoms with Gasteiger partial charge >= 0.3 is 0 Å². The molecule has 0 spiro atoms. The zero-order valence-corrected chi connectivity index (χ0v) is 19.0. The van der Waals surface area contributed by atoms with E-state index in [1.807, 2.05) is 6.92 Å². The second-order valence-electron chi connectivity index (χ2n) is 8.30. The van der Waals surface area contributed by atoms with Gasteiger partial charge in [0.05, 0.1) is 18.2 Å². The van der Waals surface area contributed by atoms with Gasteiger partial charge in [0, 0.05) is 38.2 Å². The topological polar surface area (TPSA) is 89.0 Å². The maximum atomic E-state index is 13.0. The number of aliphatic hydroxyl groups is 1. The first-order valence-corrected chi connectivity index (χ1v) is 10.8. The number of aryl methyl sites for hydroxylation is 1. The zero-order chi connectivity index (χ0) is 23.3. The number of carbonyl (C=O) groups excluding carboxylic acids is 2. The van der Waals surface area contributed by atoms with Crippen molar-refractivity contribution in [2.24, 2.45) is 5.92 Å². The van der Waals surface area contributed by atoms with Crippen molar-refractivity contribution >= 4 is 17.4 Å². The average Bonchev–Trinajstić information content (AvgIpc) is 3.03. The number of hydrogen-bond donors (Lipinski definition) is 1. The van der Waals surface area contributed by atoms with Crippen LogP contribution in [0, 0.1) is 12.8 Å². The van der Waals surface area contributed by atoms with E-state index in [4.69, 9.17) is 9.47 Å². The fourth-order valence-electron chi connectivity index (χ4n) is 3.75. The van der Waals surface area contributed by atoms with Gasteiger partial charge in [-0.25, -0.2) is 0 Å². The van der Waals surface area contributed by atoms with Crippen molar-refractivity contribution in [3.05, 3.63) is 65.0 Å². The number of aromatic nitrogens is 1. The number of aliphatic hydroxyl groups excluding tert-OH is 1. The number of ketones is 1. The van der Waals surface area contributed by atoms with E-state index >= 15 is 0 Å². The van der Waals surface area contributed by atoms with Crippen LogP contribution in [-0.2, 0) is 14.3 Å². The maximum absolute atomic E-state index is 13.0. The van der Waals surface area contributed by atoms with Crippen LogP contribution in [0.3, 0.4) is 0 Å². The Morgan fingerprint density at radius 2 is 1.91 bits per heavy atom. The van der Waals surface area contributed by atoms with Gasteiger partial charge in [0.2, 0.25) is 0 Å². The van der Waals surface area contributed by atoms with Crippen LogP contribution in [0.15, 0.2) is 48.3 Å². The molecule has 1 N–H and O–H groups in total. The molecule has 2 heterocycles. The molecule has 1 saturated heterocycles. The summed E-state index contributed by atoms with van der Waals surface area (Å²) in [6.07, 6.45) is 3.79.